The summed E-state index contributed by atoms with van der Waals surface area (Å²) in [5.74, 6) is -0.915. The summed E-state index contributed by atoms with van der Waals surface area (Å²) in [6, 6.07) is 0. The van der Waals surface area contributed by atoms with Crippen LogP contribution in [-0.4, -0.2) is 37.2 Å². The molecule has 0 aromatic rings. The average molecular weight is 1110 g/mol. The molecule has 0 saturated heterocycles. The smallest absolute Gasteiger partial charge is 0.306 e. The Bertz CT molecular complexity index is 1750. The molecule has 0 aromatic carbocycles. The Kier molecular flexibility index (Phi) is 62.9. The predicted molar refractivity (Wildman–Crippen MR) is 348 cm³/mol. The maximum Gasteiger partial charge on any atom is 0.306 e. The van der Waals surface area contributed by atoms with Gasteiger partial charge in [0.1, 0.15) is 13.2 Å². The van der Waals surface area contributed by atoms with Crippen LogP contribution >= 0.6 is 0 Å². The van der Waals surface area contributed by atoms with Crippen LogP contribution in [0.3, 0.4) is 0 Å². The van der Waals surface area contributed by atoms with Gasteiger partial charge in [0.15, 0.2) is 6.10 Å². The third-order valence-corrected chi connectivity index (χ3v) is 13.6. The SMILES string of the molecule is CC/C=C\C/C=C\C/C=C\C/C=C\C/C=C\C/C=C\C/C=C\CCCCCCCCCCCCCC(=O)OCC(COC(=O)CCCCCCCCCC)OC(=O)CCCCCCC/C=C\C/C=C\C/C=C\C/C=C\C/C=C\CC. The molecule has 0 saturated carbocycles. The summed E-state index contributed by atoms with van der Waals surface area (Å²) < 4.78 is 16.8. The molecule has 0 spiro atoms. The predicted octanol–water partition coefficient (Wildman–Crippen LogP) is 22.7. The van der Waals surface area contributed by atoms with E-state index in [-0.39, 0.29) is 31.1 Å². The minimum atomic E-state index is -0.793. The number of allylic oxidation sites excluding steroid dienone is 24. The lowest BCUT2D eigenvalue weighted by atomic mass is 10.0. The Balaban J connectivity index is 4.19. The van der Waals surface area contributed by atoms with Crippen LogP contribution in [0, 0.1) is 0 Å². The second-order valence-corrected chi connectivity index (χ2v) is 21.3. The van der Waals surface area contributed by atoms with Gasteiger partial charge in [-0.15, -0.1) is 0 Å². The number of unbranched alkanes of at least 4 members (excludes halogenated alkanes) is 23. The second-order valence-electron chi connectivity index (χ2n) is 21.3. The zero-order valence-electron chi connectivity index (χ0n) is 51.8. The van der Waals surface area contributed by atoms with Crippen LogP contribution in [0.25, 0.3) is 0 Å². The van der Waals surface area contributed by atoms with Crippen LogP contribution in [0.15, 0.2) is 146 Å². The molecule has 0 bridgehead atoms. The van der Waals surface area contributed by atoms with Gasteiger partial charge in [0.05, 0.1) is 0 Å². The van der Waals surface area contributed by atoms with Gasteiger partial charge in [0, 0.05) is 19.3 Å². The van der Waals surface area contributed by atoms with Crippen molar-refractivity contribution >= 4 is 17.9 Å². The van der Waals surface area contributed by atoms with E-state index >= 15 is 0 Å². The van der Waals surface area contributed by atoms with Crippen molar-refractivity contribution < 1.29 is 28.6 Å². The third kappa shape index (κ3) is 64.1. The molecule has 452 valence electrons. The number of carbonyl (C=O) groups is 3. The number of hydrogen-bond donors (Lipinski definition) is 0. The Labute approximate surface area is 493 Å². The highest BCUT2D eigenvalue weighted by atomic mass is 16.6. The van der Waals surface area contributed by atoms with E-state index in [1.165, 1.54) is 89.9 Å². The van der Waals surface area contributed by atoms with Gasteiger partial charge >= 0.3 is 17.9 Å². The summed E-state index contributed by atoms with van der Waals surface area (Å²) in [6.07, 6.45) is 95.9. The van der Waals surface area contributed by atoms with Gasteiger partial charge in [0.25, 0.3) is 0 Å². The van der Waals surface area contributed by atoms with E-state index in [0.717, 1.165) is 154 Å². The van der Waals surface area contributed by atoms with E-state index in [0.29, 0.717) is 19.3 Å². The maximum atomic E-state index is 12.9. The molecule has 0 N–H and O–H groups in total. The highest BCUT2D eigenvalue weighted by Crippen LogP contribution is 2.15. The molecule has 0 heterocycles. The van der Waals surface area contributed by atoms with Gasteiger partial charge in [0.2, 0.25) is 0 Å². The molecule has 80 heavy (non-hydrogen) atoms. The Morgan fingerprint density at radius 3 is 0.762 bits per heavy atom. The molecular weight excluding hydrogens is 985 g/mol. The fraction of sp³-hybridized carbons (Fsp3) is 0.635. The summed E-state index contributed by atoms with van der Waals surface area (Å²) in [4.78, 5) is 38.2. The van der Waals surface area contributed by atoms with Crippen LogP contribution in [0.2, 0.25) is 0 Å². The number of hydrogen-bond acceptors (Lipinski definition) is 6. The van der Waals surface area contributed by atoms with E-state index in [4.69, 9.17) is 14.2 Å². The molecule has 0 radical (unpaired) electrons. The van der Waals surface area contributed by atoms with Crippen molar-refractivity contribution in [1.29, 1.82) is 0 Å². The van der Waals surface area contributed by atoms with Gasteiger partial charge in [-0.05, 0) is 122 Å². The van der Waals surface area contributed by atoms with Crippen LogP contribution in [0.1, 0.15) is 284 Å². The van der Waals surface area contributed by atoms with Gasteiger partial charge in [-0.1, -0.05) is 289 Å². The molecule has 0 amide bonds. The van der Waals surface area contributed by atoms with Gasteiger partial charge in [-0.3, -0.25) is 14.4 Å². The summed E-state index contributed by atoms with van der Waals surface area (Å²) >= 11 is 0. The van der Waals surface area contributed by atoms with E-state index in [1.807, 2.05) is 0 Å². The maximum absolute atomic E-state index is 12.9. The largest absolute Gasteiger partial charge is 0.462 e. The molecule has 0 aromatic heterocycles. The standard InChI is InChI=1S/C74H120O6/c1-4-7-10-13-16-19-21-23-25-27-29-31-32-33-34-35-36-37-38-39-40-41-42-44-45-47-49-51-53-55-58-61-64-67-73(76)79-70-71(69-78-72(75)66-63-60-57-18-15-12-9-6-3)80-74(77)68-65-62-59-56-54-52-50-48-46-43-30-28-26-24-22-20-17-14-11-8-5-2/h7-8,10-11,16-17,19-20,23-26,29-31,33-34,36-37,39-40,43,48,50,71H,4-6,9,12-15,18,21-22,27-28,32,35,38,41-42,44-47,49,51-70H2,1-3H3/b10-7-,11-8-,19-16-,20-17-,25-23-,26-24-,31-29-,34-33-,37-36-,40-39-,43-30-,50-48-. The van der Waals surface area contributed by atoms with Crippen molar-refractivity contribution in [3.8, 4) is 0 Å². The first-order valence-corrected chi connectivity index (χ1v) is 32.8. The first-order valence-electron chi connectivity index (χ1n) is 32.8. The minimum Gasteiger partial charge on any atom is -0.462 e. The van der Waals surface area contributed by atoms with Gasteiger partial charge < -0.3 is 14.2 Å². The zero-order valence-corrected chi connectivity index (χ0v) is 51.8. The third-order valence-electron chi connectivity index (χ3n) is 13.6. The number of carbonyl (C=O) groups excluding carboxylic acids is 3. The van der Waals surface area contributed by atoms with Crippen LogP contribution < -0.4 is 0 Å². The number of ether oxygens (including phenoxy) is 3. The molecule has 6 nitrogen and oxygen atoms in total. The highest BCUT2D eigenvalue weighted by molar-refractivity contribution is 5.71. The molecule has 6 heteroatoms. The van der Waals surface area contributed by atoms with E-state index < -0.39 is 6.10 Å². The zero-order chi connectivity index (χ0) is 57.8. The van der Waals surface area contributed by atoms with Gasteiger partial charge in [-0.25, -0.2) is 0 Å². The quantitative estimate of drug-likeness (QED) is 0.0261. The molecule has 0 fully saturated rings. The van der Waals surface area contributed by atoms with Crippen molar-refractivity contribution in [2.75, 3.05) is 13.2 Å². The number of esters is 3. The fourth-order valence-electron chi connectivity index (χ4n) is 8.74. The fourth-order valence-corrected chi connectivity index (χ4v) is 8.74. The van der Waals surface area contributed by atoms with Crippen LogP contribution in [-0.2, 0) is 28.6 Å². The Morgan fingerprint density at radius 2 is 0.487 bits per heavy atom. The highest BCUT2D eigenvalue weighted by Gasteiger charge is 2.19. The summed E-state index contributed by atoms with van der Waals surface area (Å²) in [6.45, 7) is 6.37. The summed E-state index contributed by atoms with van der Waals surface area (Å²) in [5.41, 5.74) is 0. The molecule has 0 rings (SSSR count). The first kappa shape index (κ1) is 75.3. The number of rotatable bonds is 58. The molecule has 0 aliphatic carbocycles. The van der Waals surface area contributed by atoms with Gasteiger partial charge in [-0.2, -0.15) is 0 Å². The minimum absolute atomic E-state index is 0.0890. The van der Waals surface area contributed by atoms with Crippen LogP contribution in [0.5, 0.6) is 0 Å². The van der Waals surface area contributed by atoms with Crippen molar-refractivity contribution in [2.24, 2.45) is 0 Å². The van der Waals surface area contributed by atoms with Crippen molar-refractivity contribution in [3.63, 3.8) is 0 Å². The molecular formula is C74H120O6. The second kappa shape index (κ2) is 66.8. The van der Waals surface area contributed by atoms with E-state index in [9.17, 15) is 14.4 Å². The van der Waals surface area contributed by atoms with E-state index in [1.54, 1.807) is 0 Å². The van der Waals surface area contributed by atoms with E-state index in [2.05, 4.69) is 167 Å². The Morgan fingerprint density at radius 1 is 0.263 bits per heavy atom. The lowest BCUT2D eigenvalue weighted by molar-refractivity contribution is -0.167. The van der Waals surface area contributed by atoms with Crippen molar-refractivity contribution in [3.05, 3.63) is 146 Å². The van der Waals surface area contributed by atoms with Crippen LogP contribution in [0.4, 0.5) is 0 Å². The summed E-state index contributed by atoms with van der Waals surface area (Å²) in [5, 5.41) is 0. The molecule has 1 unspecified atom stereocenters. The Hall–Kier alpha value is -4.71. The molecule has 0 aliphatic heterocycles. The lowest BCUT2D eigenvalue weighted by Gasteiger charge is -2.18. The first-order chi connectivity index (χ1) is 39.5. The molecule has 1 atom stereocenters. The van der Waals surface area contributed by atoms with Crippen molar-refractivity contribution in [1.82, 2.24) is 0 Å². The monoisotopic (exact) mass is 1100 g/mol. The van der Waals surface area contributed by atoms with Crippen molar-refractivity contribution in [2.45, 2.75) is 290 Å². The topological polar surface area (TPSA) is 78.9 Å². The molecule has 0 aliphatic rings. The summed E-state index contributed by atoms with van der Waals surface area (Å²) in [7, 11) is 0. The normalized spacial score (nSPS) is 13.1. The average Bonchev–Trinajstić information content (AvgIpc) is 3.46. The lowest BCUT2D eigenvalue weighted by Crippen LogP contribution is -2.30.